The second kappa shape index (κ2) is 7.48. The molecule has 1 amide bonds. The largest absolute Gasteiger partial charge is 0.335 e. The molecule has 0 spiro atoms. The highest BCUT2D eigenvalue weighted by Crippen LogP contribution is 2.22. The van der Waals surface area contributed by atoms with Crippen LogP contribution in [0.25, 0.3) is 11.4 Å². The van der Waals surface area contributed by atoms with E-state index in [0.717, 1.165) is 23.9 Å². The molecular formula is C16H12F3N5OS. The van der Waals surface area contributed by atoms with Gasteiger partial charge in [0.2, 0.25) is 11.1 Å². The van der Waals surface area contributed by atoms with Gasteiger partial charge in [-0.1, -0.05) is 11.8 Å². The summed E-state index contributed by atoms with van der Waals surface area (Å²) >= 11 is 0.984. The van der Waals surface area contributed by atoms with E-state index in [9.17, 15) is 18.0 Å². The van der Waals surface area contributed by atoms with Crippen LogP contribution in [0.3, 0.4) is 0 Å². The minimum absolute atomic E-state index is 0.116. The molecule has 0 aliphatic carbocycles. The first-order chi connectivity index (χ1) is 12.4. The van der Waals surface area contributed by atoms with Crippen LogP contribution in [0.1, 0.15) is 0 Å². The number of benzene rings is 2. The van der Waals surface area contributed by atoms with Gasteiger partial charge in [-0.15, -0.1) is 10.2 Å². The lowest BCUT2D eigenvalue weighted by Gasteiger charge is -2.06. The van der Waals surface area contributed by atoms with E-state index in [4.69, 9.17) is 5.84 Å². The van der Waals surface area contributed by atoms with Gasteiger partial charge in [0.05, 0.1) is 11.4 Å². The molecule has 0 atom stereocenters. The number of halogens is 3. The highest BCUT2D eigenvalue weighted by Gasteiger charge is 2.15. The highest BCUT2D eigenvalue weighted by molar-refractivity contribution is 7.99. The Morgan fingerprint density at radius 2 is 1.77 bits per heavy atom. The van der Waals surface area contributed by atoms with Crippen molar-refractivity contribution < 1.29 is 18.0 Å². The maximum Gasteiger partial charge on any atom is 0.234 e. The van der Waals surface area contributed by atoms with Crippen molar-refractivity contribution in [3.05, 3.63) is 59.9 Å². The zero-order valence-electron chi connectivity index (χ0n) is 13.1. The van der Waals surface area contributed by atoms with Crippen LogP contribution in [0.5, 0.6) is 0 Å². The number of rotatable bonds is 5. The van der Waals surface area contributed by atoms with Crippen molar-refractivity contribution in [3.63, 3.8) is 0 Å². The van der Waals surface area contributed by atoms with Gasteiger partial charge in [0.1, 0.15) is 17.5 Å². The SMILES string of the molecule is Nn1c(SCC(=O)Nc2ccc(F)cc2F)nnc1-c1ccc(F)cc1. The molecule has 1 aromatic heterocycles. The summed E-state index contributed by atoms with van der Waals surface area (Å²) in [6.07, 6.45) is 0. The van der Waals surface area contributed by atoms with E-state index in [2.05, 4.69) is 15.5 Å². The van der Waals surface area contributed by atoms with E-state index < -0.39 is 23.4 Å². The molecule has 2 aromatic carbocycles. The second-order valence-corrected chi connectivity index (χ2v) is 6.09. The fourth-order valence-corrected chi connectivity index (χ4v) is 2.73. The molecule has 0 saturated carbocycles. The molecule has 0 saturated heterocycles. The topological polar surface area (TPSA) is 85.8 Å². The predicted molar refractivity (Wildman–Crippen MR) is 91.3 cm³/mol. The van der Waals surface area contributed by atoms with Crippen LogP contribution < -0.4 is 11.2 Å². The number of nitrogen functional groups attached to an aromatic ring is 1. The minimum atomic E-state index is -0.871. The number of thioether (sulfide) groups is 1. The number of hydrogen-bond donors (Lipinski definition) is 2. The summed E-state index contributed by atoms with van der Waals surface area (Å²) in [5.74, 6) is 3.56. The Kier molecular flexibility index (Phi) is 5.12. The van der Waals surface area contributed by atoms with Gasteiger partial charge < -0.3 is 11.2 Å². The molecule has 0 fully saturated rings. The van der Waals surface area contributed by atoms with Gasteiger partial charge in [0, 0.05) is 11.6 Å². The number of nitrogens with zero attached hydrogens (tertiary/aromatic N) is 3. The molecule has 26 heavy (non-hydrogen) atoms. The van der Waals surface area contributed by atoms with E-state index in [1.165, 1.54) is 28.9 Å². The lowest BCUT2D eigenvalue weighted by atomic mass is 10.2. The summed E-state index contributed by atoms with van der Waals surface area (Å²) in [4.78, 5) is 11.9. The van der Waals surface area contributed by atoms with Crippen LogP contribution in [0.2, 0.25) is 0 Å². The molecule has 3 N–H and O–H groups in total. The molecular weight excluding hydrogens is 367 g/mol. The second-order valence-electron chi connectivity index (χ2n) is 5.14. The first-order valence-corrected chi connectivity index (χ1v) is 8.27. The molecule has 0 aliphatic rings. The summed E-state index contributed by atoms with van der Waals surface area (Å²) < 4.78 is 40.5. The molecule has 3 aromatic rings. The molecule has 6 nitrogen and oxygen atoms in total. The van der Waals surface area contributed by atoms with Crippen LogP contribution in [0.4, 0.5) is 18.9 Å². The first-order valence-electron chi connectivity index (χ1n) is 7.28. The standard InChI is InChI=1S/C16H12F3N5OS/c17-10-3-1-9(2-4-10)15-22-23-16(24(15)20)26-8-14(25)21-13-6-5-11(18)7-12(13)19/h1-7H,8,20H2,(H,21,25). The summed E-state index contributed by atoms with van der Waals surface area (Å²) in [7, 11) is 0. The zero-order valence-corrected chi connectivity index (χ0v) is 13.9. The lowest BCUT2D eigenvalue weighted by Crippen LogP contribution is -2.17. The Hall–Kier alpha value is -3.01. The van der Waals surface area contributed by atoms with Gasteiger partial charge in [-0.25, -0.2) is 17.8 Å². The number of carbonyl (C=O) groups excluding carboxylic acids is 1. The van der Waals surface area contributed by atoms with Gasteiger partial charge in [-0.3, -0.25) is 4.79 Å². The Morgan fingerprint density at radius 3 is 2.46 bits per heavy atom. The average Bonchev–Trinajstić information content (AvgIpc) is 2.97. The number of carbonyl (C=O) groups is 1. The molecule has 0 aliphatic heterocycles. The molecule has 0 radical (unpaired) electrons. The highest BCUT2D eigenvalue weighted by atomic mass is 32.2. The summed E-state index contributed by atoms with van der Waals surface area (Å²) in [6.45, 7) is 0. The minimum Gasteiger partial charge on any atom is -0.335 e. The van der Waals surface area contributed by atoms with Crippen LogP contribution in [0, 0.1) is 17.5 Å². The quantitative estimate of drug-likeness (QED) is 0.526. The smallest absolute Gasteiger partial charge is 0.234 e. The third kappa shape index (κ3) is 3.97. The number of amides is 1. The summed E-state index contributed by atoms with van der Waals surface area (Å²) in [5, 5.41) is 10.4. The lowest BCUT2D eigenvalue weighted by molar-refractivity contribution is -0.113. The van der Waals surface area contributed by atoms with E-state index in [1.807, 2.05) is 0 Å². The number of aromatic nitrogens is 3. The maximum absolute atomic E-state index is 13.5. The van der Waals surface area contributed by atoms with Crippen molar-refractivity contribution in [3.8, 4) is 11.4 Å². The van der Waals surface area contributed by atoms with Crippen molar-refractivity contribution >= 4 is 23.4 Å². The Bertz CT molecular complexity index is 946. The molecule has 3 rings (SSSR count). The van der Waals surface area contributed by atoms with Crippen molar-refractivity contribution in [2.45, 2.75) is 5.16 Å². The van der Waals surface area contributed by atoms with Crippen LogP contribution in [-0.4, -0.2) is 26.5 Å². The van der Waals surface area contributed by atoms with Gasteiger partial charge in [0.25, 0.3) is 0 Å². The Morgan fingerprint density at radius 1 is 1.08 bits per heavy atom. The molecule has 1 heterocycles. The van der Waals surface area contributed by atoms with Crippen molar-refractivity contribution in [2.24, 2.45) is 0 Å². The van der Waals surface area contributed by atoms with E-state index in [1.54, 1.807) is 0 Å². The molecule has 134 valence electrons. The van der Waals surface area contributed by atoms with E-state index in [-0.39, 0.29) is 16.6 Å². The molecule has 10 heteroatoms. The van der Waals surface area contributed by atoms with Gasteiger partial charge in [0.15, 0.2) is 5.82 Å². The van der Waals surface area contributed by atoms with Gasteiger partial charge >= 0.3 is 0 Å². The fraction of sp³-hybridized carbons (Fsp3) is 0.0625. The fourth-order valence-electron chi connectivity index (χ4n) is 2.08. The monoisotopic (exact) mass is 379 g/mol. The Balaban J connectivity index is 1.64. The number of nitrogens with two attached hydrogens (primary N) is 1. The number of hydrogen-bond acceptors (Lipinski definition) is 5. The third-order valence-corrected chi connectivity index (χ3v) is 4.25. The third-order valence-electron chi connectivity index (χ3n) is 3.30. The zero-order chi connectivity index (χ0) is 18.7. The molecule has 0 unspecified atom stereocenters. The number of anilines is 1. The molecule has 0 bridgehead atoms. The first kappa shape index (κ1) is 17.8. The normalized spacial score (nSPS) is 10.7. The van der Waals surface area contributed by atoms with Crippen molar-refractivity contribution in [2.75, 3.05) is 16.9 Å². The summed E-state index contributed by atoms with van der Waals surface area (Å²) in [5.41, 5.74) is 0.435. The van der Waals surface area contributed by atoms with Gasteiger partial charge in [-0.2, -0.15) is 0 Å². The van der Waals surface area contributed by atoms with Crippen molar-refractivity contribution in [1.82, 2.24) is 14.9 Å². The van der Waals surface area contributed by atoms with E-state index >= 15 is 0 Å². The Labute approximate surface area is 150 Å². The number of nitrogens with one attached hydrogen (secondary N) is 1. The summed E-state index contributed by atoms with van der Waals surface area (Å²) in [6, 6.07) is 8.38. The van der Waals surface area contributed by atoms with Crippen LogP contribution >= 0.6 is 11.8 Å². The van der Waals surface area contributed by atoms with Crippen molar-refractivity contribution in [1.29, 1.82) is 0 Å². The van der Waals surface area contributed by atoms with E-state index in [0.29, 0.717) is 17.5 Å². The predicted octanol–water partition coefficient (Wildman–Crippen LogP) is 2.81. The maximum atomic E-state index is 13.5. The van der Waals surface area contributed by atoms with Crippen LogP contribution in [0.15, 0.2) is 47.6 Å². The van der Waals surface area contributed by atoms with Crippen LogP contribution in [-0.2, 0) is 4.79 Å². The van der Waals surface area contributed by atoms with Gasteiger partial charge in [-0.05, 0) is 36.4 Å². The average molecular weight is 379 g/mol.